The van der Waals surface area contributed by atoms with E-state index < -0.39 is 5.54 Å². The Hall–Kier alpha value is -1.65. The molecule has 2 rings (SSSR count). The number of hydrogen-bond acceptors (Lipinski definition) is 3. The smallest absolute Gasteiger partial charge is 0.0684 e. The van der Waals surface area contributed by atoms with Crippen LogP contribution in [0.15, 0.2) is 30.3 Å². The first-order chi connectivity index (χ1) is 10.0. The second-order valence-corrected chi connectivity index (χ2v) is 5.63. The fourth-order valence-corrected chi connectivity index (χ4v) is 2.72. The molecule has 1 atom stereocenters. The fraction of sp³-hybridized carbons (Fsp3) is 0.471. The Labute approximate surface area is 126 Å². The van der Waals surface area contributed by atoms with Gasteiger partial charge in [-0.3, -0.25) is 4.68 Å². The van der Waals surface area contributed by atoms with Gasteiger partial charge in [0, 0.05) is 12.2 Å². The van der Waals surface area contributed by atoms with Gasteiger partial charge in [0.15, 0.2) is 0 Å². The lowest BCUT2D eigenvalue weighted by molar-refractivity contribution is 0.152. The van der Waals surface area contributed by atoms with Crippen LogP contribution in [-0.4, -0.2) is 28.5 Å². The number of likely N-dealkylation sites (N-methyl/N-ethyl adjacent to an activating group) is 1. The lowest BCUT2D eigenvalue weighted by Crippen LogP contribution is -2.44. The normalized spacial score (nSPS) is 14.1. The van der Waals surface area contributed by atoms with Gasteiger partial charge in [0.25, 0.3) is 0 Å². The average Bonchev–Trinajstić information content (AvgIpc) is 2.77. The first kappa shape index (κ1) is 15.7. The minimum atomic E-state index is -0.429. The predicted molar refractivity (Wildman–Crippen MR) is 85.3 cm³/mol. The third-order valence-electron chi connectivity index (χ3n) is 4.57. The quantitative estimate of drug-likeness (QED) is 0.857. The van der Waals surface area contributed by atoms with Crippen molar-refractivity contribution >= 4 is 0 Å². The molecular weight excluding hydrogens is 262 g/mol. The van der Waals surface area contributed by atoms with Gasteiger partial charge in [0.2, 0.25) is 0 Å². The molecular formula is C17H25N3O. The second kappa shape index (κ2) is 6.41. The molecule has 2 aromatic rings. The summed E-state index contributed by atoms with van der Waals surface area (Å²) in [5.41, 5.74) is 4.19. The number of aliphatic hydroxyl groups excluding tert-OH is 1. The number of aliphatic hydroxyl groups is 1. The van der Waals surface area contributed by atoms with Gasteiger partial charge in [-0.15, -0.1) is 0 Å². The van der Waals surface area contributed by atoms with Crippen LogP contribution in [0.5, 0.6) is 0 Å². The van der Waals surface area contributed by atoms with Crippen LogP contribution in [-0.2, 0) is 12.1 Å². The van der Waals surface area contributed by atoms with Crippen molar-refractivity contribution in [2.75, 3.05) is 13.7 Å². The number of nitrogens with zero attached hydrogens (tertiary/aromatic N) is 2. The molecule has 0 radical (unpaired) electrons. The monoisotopic (exact) mass is 287 g/mol. The molecule has 0 aliphatic heterocycles. The van der Waals surface area contributed by atoms with E-state index in [-0.39, 0.29) is 6.61 Å². The van der Waals surface area contributed by atoms with Crippen molar-refractivity contribution < 1.29 is 5.11 Å². The molecule has 4 heteroatoms. The maximum absolute atomic E-state index is 9.94. The molecule has 0 saturated carbocycles. The number of aromatic nitrogens is 2. The Kier molecular flexibility index (Phi) is 4.80. The molecule has 0 amide bonds. The number of nitrogens with one attached hydrogen (secondary N) is 1. The Balaban J connectivity index is 2.23. The SMILES string of the molecule is CNC(CO)(CCn1nc(C)c(C)c1C)c1ccccc1. The summed E-state index contributed by atoms with van der Waals surface area (Å²) >= 11 is 0. The van der Waals surface area contributed by atoms with Crippen LogP contribution in [0.25, 0.3) is 0 Å². The molecule has 0 aliphatic rings. The Morgan fingerprint density at radius 1 is 1.19 bits per heavy atom. The van der Waals surface area contributed by atoms with Crippen LogP contribution < -0.4 is 5.32 Å². The van der Waals surface area contributed by atoms with Crippen molar-refractivity contribution in [2.45, 2.75) is 39.3 Å². The van der Waals surface area contributed by atoms with Gasteiger partial charge in [0.1, 0.15) is 0 Å². The molecule has 2 N–H and O–H groups in total. The lowest BCUT2D eigenvalue weighted by Gasteiger charge is -2.32. The summed E-state index contributed by atoms with van der Waals surface area (Å²) in [6.45, 7) is 7.07. The van der Waals surface area contributed by atoms with Crippen LogP contribution >= 0.6 is 0 Å². The highest BCUT2D eigenvalue weighted by Crippen LogP contribution is 2.25. The first-order valence-corrected chi connectivity index (χ1v) is 7.40. The van der Waals surface area contributed by atoms with Crippen molar-refractivity contribution in [1.29, 1.82) is 0 Å². The van der Waals surface area contributed by atoms with E-state index in [1.54, 1.807) is 0 Å². The second-order valence-electron chi connectivity index (χ2n) is 5.63. The van der Waals surface area contributed by atoms with Crippen LogP contribution in [0, 0.1) is 20.8 Å². The van der Waals surface area contributed by atoms with Gasteiger partial charge < -0.3 is 10.4 Å². The van der Waals surface area contributed by atoms with Gasteiger partial charge in [-0.05, 0) is 45.4 Å². The summed E-state index contributed by atoms with van der Waals surface area (Å²) in [4.78, 5) is 0. The van der Waals surface area contributed by atoms with E-state index in [0.717, 1.165) is 24.2 Å². The zero-order chi connectivity index (χ0) is 15.5. The van der Waals surface area contributed by atoms with Crippen LogP contribution in [0.1, 0.15) is 28.9 Å². The molecule has 0 bridgehead atoms. The maximum Gasteiger partial charge on any atom is 0.0684 e. The van der Waals surface area contributed by atoms with Crippen molar-refractivity contribution in [3.05, 3.63) is 52.8 Å². The van der Waals surface area contributed by atoms with Crippen molar-refractivity contribution in [3.8, 4) is 0 Å². The number of rotatable bonds is 6. The van der Waals surface area contributed by atoms with Crippen LogP contribution in [0.3, 0.4) is 0 Å². The molecule has 0 spiro atoms. The molecule has 0 aliphatic carbocycles. The van der Waals surface area contributed by atoms with E-state index in [0.29, 0.717) is 0 Å². The highest BCUT2D eigenvalue weighted by Gasteiger charge is 2.29. The Morgan fingerprint density at radius 3 is 2.33 bits per heavy atom. The molecule has 4 nitrogen and oxygen atoms in total. The Bertz CT molecular complexity index is 586. The van der Waals surface area contributed by atoms with Crippen molar-refractivity contribution in [3.63, 3.8) is 0 Å². The molecule has 0 fully saturated rings. The van der Waals surface area contributed by atoms with E-state index in [1.807, 2.05) is 36.9 Å². The van der Waals surface area contributed by atoms with E-state index in [2.05, 4.69) is 36.4 Å². The summed E-state index contributed by atoms with van der Waals surface area (Å²) in [5, 5.41) is 17.8. The minimum Gasteiger partial charge on any atom is -0.394 e. The molecule has 1 aromatic heterocycles. The topological polar surface area (TPSA) is 50.1 Å². The maximum atomic E-state index is 9.94. The van der Waals surface area contributed by atoms with E-state index in [1.165, 1.54) is 11.3 Å². The van der Waals surface area contributed by atoms with Crippen molar-refractivity contribution in [1.82, 2.24) is 15.1 Å². The summed E-state index contributed by atoms with van der Waals surface area (Å²) in [7, 11) is 1.90. The van der Waals surface area contributed by atoms with Gasteiger partial charge >= 0.3 is 0 Å². The van der Waals surface area contributed by atoms with Gasteiger partial charge in [-0.1, -0.05) is 30.3 Å². The zero-order valence-electron chi connectivity index (χ0n) is 13.3. The van der Waals surface area contributed by atoms with Crippen LogP contribution in [0.2, 0.25) is 0 Å². The van der Waals surface area contributed by atoms with E-state index >= 15 is 0 Å². The number of hydrogen-bond donors (Lipinski definition) is 2. The Morgan fingerprint density at radius 2 is 1.86 bits per heavy atom. The summed E-state index contributed by atoms with van der Waals surface area (Å²) in [5.74, 6) is 0. The summed E-state index contributed by atoms with van der Waals surface area (Å²) < 4.78 is 2.04. The third kappa shape index (κ3) is 3.01. The fourth-order valence-electron chi connectivity index (χ4n) is 2.72. The van der Waals surface area contributed by atoms with Crippen LogP contribution in [0.4, 0.5) is 0 Å². The zero-order valence-corrected chi connectivity index (χ0v) is 13.3. The predicted octanol–water partition coefficient (Wildman–Crippen LogP) is 2.31. The first-order valence-electron chi connectivity index (χ1n) is 7.40. The minimum absolute atomic E-state index is 0.0613. The van der Waals surface area contributed by atoms with Gasteiger partial charge in [-0.25, -0.2) is 0 Å². The molecule has 1 heterocycles. The molecule has 1 unspecified atom stereocenters. The standard InChI is InChI=1S/C17H25N3O/c1-13-14(2)19-20(15(13)3)11-10-17(12-21,18-4)16-8-6-5-7-9-16/h5-9,18,21H,10-12H2,1-4H3. The number of aryl methyl sites for hydroxylation is 2. The molecule has 1 aromatic carbocycles. The van der Waals surface area contributed by atoms with Gasteiger partial charge in [-0.2, -0.15) is 5.10 Å². The summed E-state index contributed by atoms with van der Waals surface area (Å²) in [6.07, 6.45) is 0.783. The molecule has 114 valence electrons. The highest BCUT2D eigenvalue weighted by molar-refractivity contribution is 5.25. The van der Waals surface area contributed by atoms with E-state index in [9.17, 15) is 5.11 Å². The third-order valence-corrected chi connectivity index (χ3v) is 4.57. The largest absolute Gasteiger partial charge is 0.394 e. The molecule has 0 saturated heterocycles. The lowest BCUT2D eigenvalue weighted by atomic mass is 9.87. The van der Waals surface area contributed by atoms with Crippen molar-refractivity contribution in [2.24, 2.45) is 0 Å². The number of benzene rings is 1. The van der Waals surface area contributed by atoms with Gasteiger partial charge in [0.05, 0.1) is 17.8 Å². The highest BCUT2D eigenvalue weighted by atomic mass is 16.3. The van der Waals surface area contributed by atoms with E-state index in [4.69, 9.17) is 0 Å². The molecule has 21 heavy (non-hydrogen) atoms. The average molecular weight is 287 g/mol. The summed E-state index contributed by atoms with van der Waals surface area (Å²) in [6, 6.07) is 10.1.